The van der Waals surface area contributed by atoms with Crippen LogP contribution < -0.4 is 15.8 Å². The summed E-state index contributed by atoms with van der Waals surface area (Å²) >= 11 is 0. The van der Waals surface area contributed by atoms with Crippen molar-refractivity contribution in [3.63, 3.8) is 0 Å². The van der Waals surface area contributed by atoms with E-state index in [-0.39, 0.29) is 6.10 Å². The number of nitrogens with one attached hydrogen (secondary N) is 1. The van der Waals surface area contributed by atoms with Gasteiger partial charge in [-0.1, -0.05) is 12.1 Å². The molecule has 0 bridgehead atoms. The molecule has 1 aromatic carbocycles. The lowest BCUT2D eigenvalue weighted by Crippen LogP contribution is -2.10. The van der Waals surface area contributed by atoms with Gasteiger partial charge in [0.15, 0.2) is 5.82 Å². The van der Waals surface area contributed by atoms with Gasteiger partial charge in [0, 0.05) is 5.69 Å². The molecule has 0 fully saturated rings. The summed E-state index contributed by atoms with van der Waals surface area (Å²) in [5, 5.41) is 3.17. The van der Waals surface area contributed by atoms with Crippen LogP contribution in [0, 0.1) is 6.92 Å². The Kier molecular flexibility index (Phi) is 3.85. The molecule has 3 N–H and O–H groups in total. The van der Waals surface area contributed by atoms with Crippen molar-refractivity contribution in [2.75, 3.05) is 11.1 Å². The van der Waals surface area contributed by atoms with Gasteiger partial charge >= 0.3 is 0 Å². The molecule has 1 heterocycles. The van der Waals surface area contributed by atoms with Crippen LogP contribution in [0.5, 0.6) is 5.88 Å². The molecule has 1 aromatic heterocycles. The SMILES string of the molecule is Cc1cccc(Nc2ncnc(OC(C)C)c2N)c1. The summed E-state index contributed by atoms with van der Waals surface area (Å²) in [6, 6.07) is 7.98. The molecule has 0 unspecified atom stereocenters. The molecule has 100 valence electrons. The van der Waals surface area contributed by atoms with E-state index in [4.69, 9.17) is 10.5 Å². The average molecular weight is 258 g/mol. The van der Waals surface area contributed by atoms with Gasteiger partial charge in [-0.3, -0.25) is 0 Å². The van der Waals surface area contributed by atoms with Gasteiger partial charge < -0.3 is 15.8 Å². The number of aromatic nitrogens is 2. The lowest BCUT2D eigenvalue weighted by atomic mass is 10.2. The van der Waals surface area contributed by atoms with Crippen LogP contribution in [0.3, 0.4) is 0 Å². The van der Waals surface area contributed by atoms with Crippen molar-refractivity contribution < 1.29 is 4.74 Å². The Morgan fingerprint density at radius 1 is 1.26 bits per heavy atom. The van der Waals surface area contributed by atoms with Gasteiger partial charge in [-0.05, 0) is 38.5 Å². The Morgan fingerprint density at radius 2 is 2.05 bits per heavy atom. The predicted molar refractivity (Wildman–Crippen MR) is 76.7 cm³/mol. The first kappa shape index (κ1) is 13.1. The van der Waals surface area contributed by atoms with Crippen LogP contribution in [0.15, 0.2) is 30.6 Å². The molecule has 5 nitrogen and oxygen atoms in total. The lowest BCUT2D eigenvalue weighted by Gasteiger charge is -2.13. The van der Waals surface area contributed by atoms with E-state index in [0.29, 0.717) is 17.4 Å². The highest BCUT2D eigenvalue weighted by Gasteiger charge is 2.10. The normalized spacial score (nSPS) is 10.5. The van der Waals surface area contributed by atoms with Crippen molar-refractivity contribution in [1.82, 2.24) is 9.97 Å². The maximum absolute atomic E-state index is 6.01. The predicted octanol–water partition coefficient (Wildman–Crippen LogP) is 2.90. The molecular weight excluding hydrogens is 240 g/mol. The number of nitrogens with zero attached hydrogens (tertiary/aromatic N) is 2. The Bertz CT molecular complexity index is 569. The van der Waals surface area contributed by atoms with Crippen LogP contribution in [0.25, 0.3) is 0 Å². The third kappa shape index (κ3) is 3.34. The van der Waals surface area contributed by atoms with E-state index in [1.54, 1.807) is 0 Å². The minimum Gasteiger partial charge on any atom is -0.473 e. The zero-order valence-electron chi connectivity index (χ0n) is 11.3. The minimum atomic E-state index is 0.0176. The maximum Gasteiger partial charge on any atom is 0.242 e. The van der Waals surface area contributed by atoms with Crippen molar-refractivity contribution >= 4 is 17.2 Å². The zero-order valence-corrected chi connectivity index (χ0v) is 11.3. The monoisotopic (exact) mass is 258 g/mol. The van der Waals surface area contributed by atoms with E-state index < -0.39 is 0 Å². The molecule has 0 aliphatic rings. The molecule has 5 heteroatoms. The van der Waals surface area contributed by atoms with Crippen LogP contribution in [0.4, 0.5) is 17.2 Å². The number of anilines is 3. The van der Waals surface area contributed by atoms with Gasteiger partial charge in [0.25, 0.3) is 0 Å². The second kappa shape index (κ2) is 5.56. The fraction of sp³-hybridized carbons (Fsp3) is 0.286. The summed E-state index contributed by atoms with van der Waals surface area (Å²) in [6.07, 6.45) is 1.45. The molecule has 19 heavy (non-hydrogen) atoms. The fourth-order valence-corrected chi connectivity index (χ4v) is 1.66. The largest absolute Gasteiger partial charge is 0.473 e. The van der Waals surface area contributed by atoms with Gasteiger partial charge in [-0.15, -0.1) is 0 Å². The molecule has 0 aliphatic carbocycles. The van der Waals surface area contributed by atoms with E-state index in [9.17, 15) is 0 Å². The van der Waals surface area contributed by atoms with Crippen LogP contribution in [0.1, 0.15) is 19.4 Å². The van der Waals surface area contributed by atoms with Crippen molar-refractivity contribution in [2.24, 2.45) is 0 Å². The molecule has 0 spiro atoms. The number of hydrogen-bond donors (Lipinski definition) is 2. The molecule has 2 aromatic rings. The smallest absolute Gasteiger partial charge is 0.242 e. The van der Waals surface area contributed by atoms with Gasteiger partial charge in [-0.2, -0.15) is 4.98 Å². The molecule has 0 radical (unpaired) electrons. The minimum absolute atomic E-state index is 0.0176. The van der Waals surface area contributed by atoms with E-state index in [2.05, 4.69) is 15.3 Å². The zero-order chi connectivity index (χ0) is 13.8. The number of nitrogens with two attached hydrogens (primary N) is 1. The quantitative estimate of drug-likeness (QED) is 0.882. The van der Waals surface area contributed by atoms with E-state index in [0.717, 1.165) is 11.3 Å². The molecule has 0 saturated heterocycles. The van der Waals surface area contributed by atoms with E-state index >= 15 is 0 Å². The van der Waals surface area contributed by atoms with Crippen molar-refractivity contribution in [3.05, 3.63) is 36.2 Å². The Morgan fingerprint density at radius 3 is 2.74 bits per heavy atom. The number of ether oxygens (including phenoxy) is 1. The van der Waals surface area contributed by atoms with Gasteiger partial charge in [0.1, 0.15) is 12.0 Å². The topological polar surface area (TPSA) is 73.1 Å². The summed E-state index contributed by atoms with van der Waals surface area (Å²) in [6.45, 7) is 5.88. The number of rotatable bonds is 4. The average Bonchev–Trinajstić information content (AvgIpc) is 2.34. The van der Waals surface area contributed by atoms with Crippen molar-refractivity contribution in [1.29, 1.82) is 0 Å². The highest BCUT2D eigenvalue weighted by atomic mass is 16.5. The summed E-state index contributed by atoms with van der Waals surface area (Å²) in [4.78, 5) is 8.18. The number of aryl methyl sites for hydroxylation is 1. The number of nitrogen functional groups attached to an aromatic ring is 1. The first-order valence-electron chi connectivity index (χ1n) is 6.17. The highest BCUT2D eigenvalue weighted by Crippen LogP contribution is 2.28. The molecule has 0 saturated carbocycles. The number of benzene rings is 1. The molecule has 0 amide bonds. The van der Waals surface area contributed by atoms with Gasteiger partial charge in [-0.25, -0.2) is 4.98 Å². The number of hydrogen-bond acceptors (Lipinski definition) is 5. The van der Waals surface area contributed by atoms with Crippen LogP contribution >= 0.6 is 0 Å². The summed E-state index contributed by atoms with van der Waals surface area (Å²) in [5.74, 6) is 0.955. The Hall–Kier alpha value is -2.30. The van der Waals surface area contributed by atoms with Crippen LogP contribution in [0.2, 0.25) is 0 Å². The second-order valence-corrected chi connectivity index (χ2v) is 4.60. The first-order valence-corrected chi connectivity index (χ1v) is 6.17. The summed E-state index contributed by atoms with van der Waals surface area (Å²) in [7, 11) is 0. The van der Waals surface area contributed by atoms with Crippen LogP contribution in [-0.4, -0.2) is 16.1 Å². The maximum atomic E-state index is 6.01. The molecule has 2 rings (SSSR count). The van der Waals surface area contributed by atoms with Gasteiger partial charge in [0.05, 0.1) is 6.10 Å². The van der Waals surface area contributed by atoms with Crippen molar-refractivity contribution in [3.8, 4) is 5.88 Å². The second-order valence-electron chi connectivity index (χ2n) is 4.60. The Balaban J connectivity index is 2.25. The van der Waals surface area contributed by atoms with E-state index in [1.165, 1.54) is 6.33 Å². The third-order valence-corrected chi connectivity index (χ3v) is 2.48. The standard InChI is InChI=1S/C14H18N4O/c1-9(2)19-14-12(15)13(16-8-17-14)18-11-6-4-5-10(3)7-11/h4-9H,15H2,1-3H3,(H,16,17,18). The molecule has 0 atom stereocenters. The lowest BCUT2D eigenvalue weighted by molar-refractivity contribution is 0.234. The summed E-state index contributed by atoms with van der Waals surface area (Å²) < 4.78 is 5.53. The van der Waals surface area contributed by atoms with Crippen molar-refractivity contribution in [2.45, 2.75) is 26.9 Å². The fourth-order valence-electron chi connectivity index (χ4n) is 1.66. The molecular formula is C14H18N4O. The summed E-state index contributed by atoms with van der Waals surface area (Å²) in [5.41, 5.74) is 8.51. The first-order chi connectivity index (χ1) is 9.06. The van der Waals surface area contributed by atoms with Gasteiger partial charge in [0.2, 0.25) is 5.88 Å². The van der Waals surface area contributed by atoms with E-state index in [1.807, 2.05) is 45.0 Å². The highest BCUT2D eigenvalue weighted by molar-refractivity contribution is 5.72. The third-order valence-electron chi connectivity index (χ3n) is 2.48. The van der Waals surface area contributed by atoms with Crippen LogP contribution in [-0.2, 0) is 0 Å². The Labute approximate surface area is 112 Å². The molecule has 0 aliphatic heterocycles.